The molecule has 2 rings (SSSR count). The predicted molar refractivity (Wildman–Crippen MR) is 78.3 cm³/mol. The van der Waals surface area contributed by atoms with Crippen LogP contribution in [0.2, 0.25) is 5.02 Å². The summed E-state index contributed by atoms with van der Waals surface area (Å²) in [6.07, 6.45) is 3.22. The third-order valence-corrected chi connectivity index (χ3v) is 4.22. The first-order valence-corrected chi connectivity index (χ1v) is 7.26. The van der Waals surface area contributed by atoms with Crippen molar-refractivity contribution in [2.45, 2.75) is 19.3 Å². The molecule has 110 valence electrons. The highest BCUT2D eigenvalue weighted by Gasteiger charge is 2.27. The van der Waals surface area contributed by atoms with Gasteiger partial charge in [-0.25, -0.2) is 0 Å². The fourth-order valence-electron chi connectivity index (χ4n) is 2.79. The number of carbonyl (C=O) groups excluding carboxylic acids is 1. The molecule has 5 heteroatoms. The Balaban J connectivity index is 1.98. The molecule has 1 aliphatic carbocycles. The first kappa shape index (κ1) is 15.1. The number of hydrogen-bond acceptors (Lipinski definition) is 3. The Bertz CT molecular complexity index is 478. The van der Waals surface area contributed by atoms with Gasteiger partial charge in [-0.3, -0.25) is 4.79 Å². The fraction of sp³-hybridized carbons (Fsp3) is 0.533. The minimum atomic E-state index is -0.165. The Kier molecular flexibility index (Phi) is 5.26. The molecule has 2 unspecified atom stereocenters. The van der Waals surface area contributed by atoms with E-state index in [1.54, 1.807) is 18.2 Å². The molecule has 0 aliphatic heterocycles. The SMILES string of the molecule is COc1cc(Cl)ccc1C(=O)NCC1CCCC1CO. The third kappa shape index (κ3) is 3.44. The lowest BCUT2D eigenvalue weighted by atomic mass is 9.97. The number of carbonyl (C=O) groups is 1. The van der Waals surface area contributed by atoms with E-state index in [4.69, 9.17) is 16.3 Å². The van der Waals surface area contributed by atoms with Crippen LogP contribution in [0.4, 0.5) is 0 Å². The van der Waals surface area contributed by atoms with Crippen LogP contribution < -0.4 is 10.1 Å². The Hall–Kier alpha value is -1.26. The fourth-order valence-corrected chi connectivity index (χ4v) is 2.96. The van der Waals surface area contributed by atoms with Gasteiger partial charge in [0.15, 0.2) is 0 Å². The largest absolute Gasteiger partial charge is 0.496 e. The summed E-state index contributed by atoms with van der Waals surface area (Å²) in [6.45, 7) is 0.792. The van der Waals surface area contributed by atoms with E-state index in [2.05, 4.69) is 5.32 Å². The molecule has 2 N–H and O–H groups in total. The number of aliphatic hydroxyl groups is 1. The summed E-state index contributed by atoms with van der Waals surface area (Å²) in [4.78, 5) is 12.2. The third-order valence-electron chi connectivity index (χ3n) is 3.98. The maximum absolute atomic E-state index is 12.2. The maximum Gasteiger partial charge on any atom is 0.255 e. The first-order valence-electron chi connectivity index (χ1n) is 6.88. The van der Waals surface area contributed by atoms with Crippen LogP contribution in [-0.4, -0.2) is 31.3 Å². The molecule has 1 amide bonds. The van der Waals surface area contributed by atoms with Gasteiger partial charge in [0.1, 0.15) is 5.75 Å². The van der Waals surface area contributed by atoms with Crippen LogP contribution >= 0.6 is 11.6 Å². The standard InChI is InChI=1S/C15H20ClNO3/c1-20-14-7-12(16)5-6-13(14)15(19)17-8-10-3-2-4-11(10)9-18/h5-7,10-11,18H,2-4,8-9H2,1H3,(H,17,19). The molecular formula is C15H20ClNO3. The second-order valence-electron chi connectivity index (χ2n) is 5.19. The number of aliphatic hydroxyl groups excluding tert-OH is 1. The quantitative estimate of drug-likeness (QED) is 0.878. The molecule has 1 aliphatic rings. The van der Waals surface area contributed by atoms with E-state index in [1.807, 2.05) is 0 Å². The van der Waals surface area contributed by atoms with E-state index in [9.17, 15) is 9.90 Å². The highest BCUT2D eigenvalue weighted by atomic mass is 35.5. The Morgan fingerprint density at radius 1 is 1.45 bits per heavy atom. The molecule has 0 saturated heterocycles. The lowest BCUT2D eigenvalue weighted by Gasteiger charge is -2.18. The van der Waals surface area contributed by atoms with Crippen molar-refractivity contribution in [1.82, 2.24) is 5.32 Å². The zero-order valence-electron chi connectivity index (χ0n) is 11.6. The van der Waals surface area contributed by atoms with Crippen molar-refractivity contribution in [2.24, 2.45) is 11.8 Å². The van der Waals surface area contributed by atoms with E-state index < -0.39 is 0 Å². The number of rotatable bonds is 5. The van der Waals surface area contributed by atoms with E-state index in [0.29, 0.717) is 34.7 Å². The van der Waals surface area contributed by atoms with E-state index >= 15 is 0 Å². The zero-order chi connectivity index (χ0) is 14.5. The number of nitrogens with one attached hydrogen (secondary N) is 1. The van der Waals surface area contributed by atoms with Crippen molar-refractivity contribution in [3.63, 3.8) is 0 Å². The molecule has 0 bridgehead atoms. The number of hydrogen-bond donors (Lipinski definition) is 2. The molecule has 0 radical (unpaired) electrons. The van der Waals surface area contributed by atoms with Crippen molar-refractivity contribution in [3.8, 4) is 5.75 Å². The molecule has 0 spiro atoms. The highest BCUT2D eigenvalue weighted by molar-refractivity contribution is 6.30. The van der Waals surface area contributed by atoms with Gasteiger partial charge in [-0.05, 0) is 42.9 Å². The van der Waals surface area contributed by atoms with Crippen LogP contribution in [0.5, 0.6) is 5.75 Å². The van der Waals surface area contributed by atoms with Gasteiger partial charge >= 0.3 is 0 Å². The minimum Gasteiger partial charge on any atom is -0.496 e. The average molecular weight is 298 g/mol. The van der Waals surface area contributed by atoms with Crippen LogP contribution in [0, 0.1) is 11.8 Å². The van der Waals surface area contributed by atoms with Crippen LogP contribution in [0.1, 0.15) is 29.6 Å². The first-order chi connectivity index (χ1) is 9.65. The van der Waals surface area contributed by atoms with Gasteiger partial charge < -0.3 is 15.2 Å². The lowest BCUT2D eigenvalue weighted by molar-refractivity contribution is 0.0934. The number of halogens is 1. The second-order valence-corrected chi connectivity index (χ2v) is 5.62. The second kappa shape index (κ2) is 6.95. The van der Waals surface area contributed by atoms with Crippen LogP contribution in [0.25, 0.3) is 0 Å². The van der Waals surface area contributed by atoms with Crippen molar-refractivity contribution < 1.29 is 14.6 Å². The van der Waals surface area contributed by atoms with Gasteiger partial charge in [-0.15, -0.1) is 0 Å². The molecule has 1 fully saturated rings. The van der Waals surface area contributed by atoms with Crippen molar-refractivity contribution in [3.05, 3.63) is 28.8 Å². The normalized spacial score (nSPS) is 21.8. The van der Waals surface area contributed by atoms with E-state index in [1.165, 1.54) is 7.11 Å². The van der Waals surface area contributed by atoms with Gasteiger partial charge in [-0.2, -0.15) is 0 Å². The summed E-state index contributed by atoms with van der Waals surface area (Å²) in [5.74, 6) is 0.979. The lowest BCUT2D eigenvalue weighted by Crippen LogP contribution is -2.31. The van der Waals surface area contributed by atoms with Gasteiger partial charge in [0.05, 0.1) is 12.7 Å². The average Bonchev–Trinajstić information content (AvgIpc) is 2.92. The molecular weight excluding hydrogens is 278 g/mol. The molecule has 0 aromatic heterocycles. The summed E-state index contributed by atoms with van der Waals surface area (Å²) >= 11 is 5.88. The van der Waals surface area contributed by atoms with Crippen LogP contribution in [0.15, 0.2) is 18.2 Å². The molecule has 20 heavy (non-hydrogen) atoms. The van der Waals surface area contributed by atoms with Gasteiger partial charge in [0.2, 0.25) is 0 Å². The summed E-state index contributed by atoms with van der Waals surface area (Å²) in [5, 5.41) is 12.7. The maximum atomic E-state index is 12.2. The minimum absolute atomic E-state index is 0.165. The van der Waals surface area contributed by atoms with E-state index in [0.717, 1.165) is 19.3 Å². The Morgan fingerprint density at radius 3 is 2.90 bits per heavy atom. The van der Waals surface area contributed by atoms with Crippen molar-refractivity contribution in [2.75, 3.05) is 20.3 Å². The van der Waals surface area contributed by atoms with Crippen molar-refractivity contribution >= 4 is 17.5 Å². The molecule has 1 saturated carbocycles. The molecule has 1 aromatic rings. The van der Waals surface area contributed by atoms with Crippen LogP contribution in [-0.2, 0) is 0 Å². The van der Waals surface area contributed by atoms with Crippen molar-refractivity contribution in [1.29, 1.82) is 0 Å². The number of benzene rings is 1. The topological polar surface area (TPSA) is 58.6 Å². The van der Waals surface area contributed by atoms with Gasteiger partial charge in [0.25, 0.3) is 5.91 Å². The van der Waals surface area contributed by atoms with Gasteiger partial charge in [0, 0.05) is 18.2 Å². The summed E-state index contributed by atoms with van der Waals surface area (Å²) in [7, 11) is 1.52. The molecule has 4 nitrogen and oxygen atoms in total. The predicted octanol–water partition coefficient (Wildman–Crippen LogP) is 2.49. The summed E-state index contributed by atoms with van der Waals surface area (Å²) < 4.78 is 5.18. The number of methoxy groups -OCH3 is 1. The van der Waals surface area contributed by atoms with Crippen LogP contribution in [0.3, 0.4) is 0 Å². The molecule has 2 atom stereocenters. The molecule has 0 heterocycles. The summed E-state index contributed by atoms with van der Waals surface area (Å²) in [6, 6.07) is 4.96. The monoisotopic (exact) mass is 297 g/mol. The smallest absolute Gasteiger partial charge is 0.255 e. The zero-order valence-corrected chi connectivity index (χ0v) is 12.3. The number of ether oxygens (including phenoxy) is 1. The Labute approximate surface area is 124 Å². The van der Waals surface area contributed by atoms with E-state index in [-0.39, 0.29) is 12.5 Å². The summed E-state index contributed by atoms with van der Waals surface area (Å²) in [5.41, 5.74) is 0.482. The number of amides is 1. The van der Waals surface area contributed by atoms with Gasteiger partial charge in [-0.1, -0.05) is 18.0 Å². The molecule has 1 aromatic carbocycles. The Morgan fingerprint density at radius 2 is 2.20 bits per heavy atom. The highest BCUT2D eigenvalue weighted by Crippen LogP contribution is 2.31.